The van der Waals surface area contributed by atoms with Gasteiger partial charge in [-0.05, 0) is 12.1 Å². The zero-order chi connectivity index (χ0) is 23.3. The molecule has 0 aliphatic carbocycles. The zero-order valence-corrected chi connectivity index (χ0v) is 17.4. The van der Waals surface area contributed by atoms with Gasteiger partial charge in [0.05, 0.1) is 29.4 Å². The molecule has 0 bridgehead atoms. The number of aryl methyl sites for hydroxylation is 1. The molecule has 0 saturated heterocycles. The van der Waals surface area contributed by atoms with Crippen LogP contribution in [0.5, 0.6) is 5.75 Å². The Hall–Kier alpha value is -3.80. The number of pyridine rings is 1. The molecular weight excluding hydrogens is 444 g/mol. The fourth-order valence-electron chi connectivity index (χ4n) is 4.00. The van der Waals surface area contributed by atoms with Gasteiger partial charge >= 0.3 is 6.18 Å². The van der Waals surface area contributed by atoms with Crippen molar-refractivity contribution in [1.82, 2.24) is 29.9 Å². The van der Waals surface area contributed by atoms with Gasteiger partial charge < -0.3 is 14.0 Å². The van der Waals surface area contributed by atoms with E-state index in [-0.39, 0.29) is 29.9 Å². The topological polar surface area (TPSA) is 90.7 Å². The highest BCUT2D eigenvalue weighted by atomic mass is 19.4. The van der Waals surface area contributed by atoms with Crippen LogP contribution in [0.15, 0.2) is 30.7 Å². The highest BCUT2D eigenvalue weighted by molar-refractivity contribution is 6.26. The van der Waals surface area contributed by atoms with Crippen LogP contribution in [0.4, 0.5) is 17.6 Å². The van der Waals surface area contributed by atoms with Crippen molar-refractivity contribution in [3.8, 4) is 17.0 Å². The van der Waals surface area contributed by atoms with E-state index in [9.17, 15) is 17.6 Å². The zero-order valence-electron chi connectivity index (χ0n) is 17.4. The molecule has 0 aliphatic heterocycles. The number of fused-ring (bicyclic) bond motifs is 6. The van der Waals surface area contributed by atoms with Crippen molar-refractivity contribution in [2.45, 2.75) is 6.18 Å². The maximum absolute atomic E-state index is 14.7. The summed E-state index contributed by atoms with van der Waals surface area (Å²) in [5.41, 5.74) is -0.171. The van der Waals surface area contributed by atoms with Crippen molar-refractivity contribution in [3.63, 3.8) is 0 Å². The summed E-state index contributed by atoms with van der Waals surface area (Å²) in [4.78, 5) is 8.78. The average molecular weight is 460 g/mol. The number of benzene rings is 2. The normalized spacial score (nSPS) is 12.3. The molecule has 0 fully saturated rings. The molecule has 2 aromatic carbocycles. The summed E-state index contributed by atoms with van der Waals surface area (Å²) in [6.45, 7) is 0.411. The van der Waals surface area contributed by atoms with Gasteiger partial charge in [0.15, 0.2) is 5.69 Å². The Morgan fingerprint density at radius 1 is 1.06 bits per heavy atom. The van der Waals surface area contributed by atoms with E-state index < -0.39 is 23.4 Å². The van der Waals surface area contributed by atoms with E-state index in [0.717, 1.165) is 0 Å². The van der Waals surface area contributed by atoms with Crippen LogP contribution in [0, 0.1) is 5.82 Å². The second-order valence-corrected chi connectivity index (χ2v) is 7.32. The van der Waals surface area contributed by atoms with E-state index in [2.05, 4.69) is 20.2 Å². The molecule has 3 aromatic heterocycles. The van der Waals surface area contributed by atoms with E-state index in [4.69, 9.17) is 9.47 Å². The number of halogens is 4. The Balaban J connectivity index is 1.95. The average Bonchev–Trinajstić information content (AvgIpc) is 3.41. The molecule has 8 nitrogen and oxygen atoms in total. The van der Waals surface area contributed by atoms with Gasteiger partial charge in [0.25, 0.3) is 0 Å². The van der Waals surface area contributed by atoms with Crippen LogP contribution in [-0.4, -0.2) is 50.3 Å². The standard InChI is InChI=1S/C21H16F4N6O2/c1-31-9-27-18-17-14(11(3-4-26-17)16-20(21(23,24)25)29-30-28-16)12-7-10(22)8-13(15(12)19(18)31)33-6-5-32-2/h3-4,7-9H,5-6H2,1-2H3,(H,28,29,30). The first-order valence-electron chi connectivity index (χ1n) is 9.76. The van der Waals surface area contributed by atoms with Gasteiger partial charge in [-0.2, -0.15) is 28.6 Å². The number of ether oxygens (including phenoxy) is 2. The summed E-state index contributed by atoms with van der Waals surface area (Å²) in [6.07, 6.45) is -1.83. The third-order valence-electron chi connectivity index (χ3n) is 5.30. The summed E-state index contributed by atoms with van der Waals surface area (Å²) in [5.74, 6) is -0.410. The third-order valence-corrected chi connectivity index (χ3v) is 5.30. The van der Waals surface area contributed by atoms with Crippen LogP contribution in [0.3, 0.4) is 0 Å². The van der Waals surface area contributed by atoms with Gasteiger partial charge in [-0.1, -0.05) is 0 Å². The lowest BCUT2D eigenvalue weighted by Gasteiger charge is -2.15. The molecule has 0 saturated carbocycles. The lowest BCUT2D eigenvalue weighted by molar-refractivity contribution is -0.140. The molecule has 5 aromatic rings. The summed E-state index contributed by atoms with van der Waals surface area (Å²) < 4.78 is 68.0. The first-order chi connectivity index (χ1) is 15.8. The number of rotatable bonds is 5. The lowest BCUT2D eigenvalue weighted by atomic mass is 9.96. The fourth-order valence-corrected chi connectivity index (χ4v) is 4.00. The van der Waals surface area contributed by atoms with Crippen molar-refractivity contribution in [3.05, 3.63) is 42.2 Å². The number of aromatic amines is 1. The third kappa shape index (κ3) is 3.33. The molecule has 170 valence electrons. The number of nitrogens with zero attached hydrogens (tertiary/aromatic N) is 5. The molecule has 3 heterocycles. The Morgan fingerprint density at radius 2 is 1.88 bits per heavy atom. The first-order valence-corrected chi connectivity index (χ1v) is 9.76. The monoisotopic (exact) mass is 460 g/mol. The summed E-state index contributed by atoms with van der Waals surface area (Å²) >= 11 is 0. The second-order valence-electron chi connectivity index (χ2n) is 7.32. The van der Waals surface area contributed by atoms with Crippen LogP contribution in [-0.2, 0) is 18.0 Å². The number of imidazole rings is 1. The van der Waals surface area contributed by atoms with Crippen molar-refractivity contribution in [2.75, 3.05) is 20.3 Å². The minimum absolute atomic E-state index is 0.0899. The Bertz CT molecular complexity index is 1510. The Kier molecular flexibility index (Phi) is 4.89. The Labute approximate surface area is 183 Å². The Morgan fingerprint density at radius 3 is 2.64 bits per heavy atom. The van der Waals surface area contributed by atoms with Crippen LogP contribution in [0.25, 0.3) is 44.0 Å². The largest absolute Gasteiger partial charge is 0.490 e. The van der Waals surface area contributed by atoms with Crippen molar-refractivity contribution in [2.24, 2.45) is 7.05 Å². The van der Waals surface area contributed by atoms with Gasteiger partial charge in [0, 0.05) is 42.8 Å². The molecule has 0 radical (unpaired) electrons. The molecule has 0 spiro atoms. The van der Waals surface area contributed by atoms with E-state index in [0.29, 0.717) is 27.3 Å². The number of methoxy groups -OCH3 is 1. The highest BCUT2D eigenvalue weighted by Gasteiger charge is 2.38. The molecule has 0 unspecified atom stereocenters. The van der Waals surface area contributed by atoms with Crippen LogP contribution < -0.4 is 4.74 Å². The van der Waals surface area contributed by atoms with Gasteiger partial charge in [0.1, 0.15) is 29.4 Å². The molecule has 0 atom stereocenters. The predicted octanol–water partition coefficient (Wildman–Crippen LogP) is 4.24. The number of H-pyrrole nitrogens is 1. The molecule has 0 amide bonds. The summed E-state index contributed by atoms with van der Waals surface area (Å²) in [5, 5.41) is 10.1. The number of nitrogens with one attached hydrogen (secondary N) is 1. The van der Waals surface area contributed by atoms with Crippen molar-refractivity contribution >= 4 is 32.7 Å². The minimum atomic E-state index is -4.75. The quantitative estimate of drug-likeness (QED) is 0.240. The van der Waals surface area contributed by atoms with E-state index >= 15 is 0 Å². The van der Waals surface area contributed by atoms with Crippen LogP contribution in [0.2, 0.25) is 0 Å². The molecule has 12 heteroatoms. The van der Waals surface area contributed by atoms with Crippen LogP contribution in [0.1, 0.15) is 5.69 Å². The van der Waals surface area contributed by atoms with Crippen molar-refractivity contribution in [1.29, 1.82) is 0 Å². The van der Waals surface area contributed by atoms with Gasteiger partial charge in [0.2, 0.25) is 0 Å². The molecule has 33 heavy (non-hydrogen) atoms. The predicted molar refractivity (Wildman–Crippen MR) is 111 cm³/mol. The molecule has 5 rings (SSSR count). The first kappa shape index (κ1) is 21.1. The summed E-state index contributed by atoms with van der Waals surface area (Å²) in [7, 11) is 3.26. The van der Waals surface area contributed by atoms with Crippen molar-refractivity contribution < 1.29 is 27.0 Å². The maximum Gasteiger partial charge on any atom is 0.437 e. The minimum Gasteiger partial charge on any atom is -0.490 e. The number of hydrogen-bond donors (Lipinski definition) is 1. The van der Waals surface area contributed by atoms with E-state index in [1.807, 2.05) is 5.21 Å². The molecular formula is C21H16F4N6O2. The molecule has 0 aliphatic rings. The van der Waals surface area contributed by atoms with Gasteiger partial charge in [-0.15, -0.1) is 0 Å². The number of hydrogen-bond acceptors (Lipinski definition) is 6. The highest BCUT2D eigenvalue weighted by Crippen LogP contribution is 2.44. The number of aromatic nitrogens is 6. The number of alkyl halides is 3. The summed E-state index contributed by atoms with van der Waals surface area (Å²) in [6, 6.07) is 3.86. The van der Waals surface area contributed by atoms with E-state index in [1.54, 1.807) is 17.9 Å². The van der Waals surface area contributed by atoms with E-state index in [1.165, 1.54) is 31.5 Å². The smallest absolute Gasteiger partial charge is 0.437 e. The SMILES string of the molecule is COCCOc1cc(F)cc2c3c(-c4n[nH]nc4C(F)(F)F)ccnc3c3ncn(C)c3c12. The second kappa shape index (κ2) is 7.66. The maximum atomic E-state index is 14.7. The van der Waals surface area contributed by atoms with Gasteiger partial charge in [-0.25, -0.2) is 9.37 Å². The fraction of sp³-hybridized carbons (Fsp3) is 0.238. The molecule has 1 N–H and O–H groups in total. The van der Waals surface area contributed by atoms with Crippen LogP contribution >= 0.6 is 0 Å². The lowest BCUT2D eigenvalue weighted by Crippen LogP contribution is -2.08. The van der Waals surface area contributed by atoms with Gasteiger partial charge in [-0.3, -0.25) is 4.98 Å².